The van der Waals surface area contributed by atoms with Gasteiger partial charge >= 0.3 is 0 Å². The van der Waals surface area contributed by atoms with Crippen LogP contribution in [0.15, 0.2) is 18.2 Å². The van der Waals surface area contributed by atoms with Gasteiger partial charge < -0.3 is 10.1 Å². The Hall–Kier alpha value is -1.54. The van der Waals surface area contributed by atoms with Crippen molar-refractivity contribution in [2.24, 2.45) is 0 Å². The van der Waals surface area contributed by atoms with E-state index < -0.39 is 22.3 Å². The lowest BCUT2D eigenvalue weighted by Gasteiger charge is -2.06. The third-order valence-electron chi connectivity index (χ3n) is 2.15. The number of nitrogens with zero attached hydrogens (tertiary/aromatic N) is 1. The van der Waals surface area contributed by atoms with E-state index in [1.807, 2.05) is 0 Å². The van der Waals surface area contributed by atoms with Crippen LogP contribution >= 0.6 is 15.9 Å². The lowest BCUT2D eigenvalue weighted by Crippen LogP contribution is -2.28. The number of carbonyl (C=O) groups is 1. The molecule has 19 heavy (non-hydrogen) atoms. The second-order valence-corrected chi connectivity index (χ2v) is 4.27. The van der Waals surface area contributed by atoms with Gasteiger partial charge in [0.1, 0.15) is 11.4 Å². The van der Waals surface area contributed by atoms with Crippen LogP contribution in [-0.4, -0.2) is 35.9 Å². The number of nitro benzene ring substituents is 1. The highest BCUT2D eigenvalue weighted by atomic mass is 79.9. The molecule has 6 nitrogen and oxygen atoms in total. The van der Waals surface area contributed by atoms with Gasteiger partial charge in [0.15, 0.2) is 0 Å². The van der Waals surface area contributed by atoms with Crippen LogP contribution in [-0.2, 0) is 4.74 Å². The Morgan fingerprint density at radius 1 is 1.47 bits per heavy atom. The monoisotopic (exact) mass is 334 g/mol. The molecule has 0 atom stereocenters. The summed E-state index contributed by atoms with van der Waals surface area (Å²) in [4.78, 5) is 21.7. The highest BCUT2D eigenvalue weighted by Gasteiger charge is 2.20. The van der Waals surface area contributed by atoms with Gasteiger partial charge in [0.05, 0.1) is 18.1 Å². The number of hydrogen-bond donors (Lipinski definition) is 1. The maximum atomic E-state index is 13.0. The first-order valence-corrected chi connectivity index (χ1v) is 6.54. The molecule has 0 unspecified atom stereocenters. The molecule has 104 valence electrons. The van der Waals surface area contributed by atoms with Crippen LogP contribution in [0.2, 0.25) is 0 Å². The third kappa shape index (κ3) is 4.92. The SMILES string of the molecule is O=C(NCCOCCBr)c1cc(F)ccc1[N+](=O)[O-]. The molecule has 0 aliphatic rings. The molecule has 1 aromatic carbocycles. The number of ether oxygens (including phenoxy) is 1. The van der Waals surface area contributed by atoms with E-state index in [1.54, 1.807) is 0 Å². The van der Waals surface area contributed by atoms with Gasteiger partial charge in [-0.15, -0.1) is 0 Å². The van der Waals surface area contributed by atoms with Crippen LogP contribution in [0.4, 0.5) is 10.1 Å². The van der Waals surface area contributed by atoms with Gasteiger partial charge in [0.2, 0.25) is 0 Å². The quantitative estimate of drug-likeness (QED) is 0.357. The molecule has 0 saturated carbocycles. The third-order valence-corrected chi connectivity index (χ3v) is 2.48. The Morgan fingerprint density at radius 3 is 2.84 bits per heavy atom. The molecule has 0 spiro atoms. The number of amides is 1. The number of carbonyl (C=O) groups excluding carboxylic acids is 1. The van der Waals surface area contributed by atoms with Gasteiger partial charge in [-0.25, -0.2) is 4.39 Å². The topological polar surface area (TPSA) is 81.5 Å². The number of benzene rings is 1. The molecule has 8 heteroatoms. The molecule has 0 bridgehead atoms. The van der Waals surface area contributed by atoms with E-state index in [1.165, 1.54) is 0 Å². The predicted molar refractivity (Wildman–Crippen MR) is 70.0 cm³/mol. The Labute approximate surface area is 117 Å². The van der Waals surface area contributed by atoms with Crippen molar-refractivity contribution in [3.8, 4) is 0 Å². The number of nitro groups is 1. The summed E-state index contributed by atoms with van der Waals surface area (Å²) in [6.45, 7) is 0.968. The average Bonchev–Trinajstić information content (AvgIpc) is 2.37. The largest absolute Gasteiger partial charge is 0.379 e. The summed E-state index contributed by atoms with van der Waals surface area (Å²) in [5, 5.41) is 13.8. The van der Waals surface area contributed by atoms with Gasteiger partial charge in [0.25, 0.3) is 11.6 Å². The van der Waals surface area contributed by atoms with Gasteiger partial charge in [-0.1, -0.05) is 15.9 Å². The van der Waals surface area contributed by atoms with Gasteiger partial charge in [-0.3, -0.25) is 14.9 Å². The van der Waals surface area contributed by atoms with E-state index in [9.17, 15) is 19.3 Å². The minimum absolute atomic E-state index is 0.194. The van der Waals surface area contributed by atoms with Crippen LogP contribution in [0.1, 0.15) is 10.4 Å². The zero-order chi connectivity index (χ0) is 14.3. The normalized spacial score (nSPS) is 10.2. The number of rotatable bonds is 7. The van der Waals surface area contributed by atoms with E-state index in [-0.39, 0.29) is 18.7 Å². The van der Waals surface area contributed by atoms with Crippen LogP contribution < -0.4 is 5.32 Å². The second-order valence-electron chi connectivity index (χ2n) is 3.48. The number of halogens is 2. The summed E-state index contributed by atoms with van der Waals surface area (Å²) in [7, 11) is 0. The highest BCUT2D eigenvalue weighted by Crippen LogP contribution is 2.19. The summed E-state index contributed by atoms with van der Waals surface area (Å²) >= 11 is 3.17. The number of alkyl halides is 1. The molecule has 0 aliphatic heterocycles. The van der Waals surface area contributed by atoms with Crippen molar-refractivity contribution in [1.29, 1.82) is 0 Å². The zero-order valence-corrected chi connectivity index (χ0v) is 11.5. The highest BCUT2D eigenvalue weighted by molar-refractivity contribution is 9.09. The summed E-state index contributed by atoms with van der Waals surface area (Å²) in [5.41, 5.74) is -0.731. The van der Waals surface area contributed by atoms with Crippen LogP contribution in [0.5, 0.6) is 0 Å². The van der Waals surface area contributed by atoms with Gasteiger partial charge in [0, 0.05) is 17.9 Å². The van der Waals surface area contributed by atoms with Crippen molar-refractivity contribution in [1.82, 2.24) is 5.32 Å². The molecule has 1 amide bonds. The Morgan fingerprint density at radius 2 is 2.21 bits per heavy atom. The van der Waals surface area contributed by atoms with Crippen molar-refractivity contribution < 1.29 is 18.8 Å². The van der Waals surface area contributed by atoms with Crippen molar-refractivity contribution in [2.45, 2.75) is 0 Å². The first-order chi connectivity index (χ1) is 9.06. The average molecular weight is 335 g/mol. The summed E-state index contributed by atoms with van der Waals surface area (Å²) in [6, 6.07) is 2.74. The number of hydrogen-bond acceptors (Lipinski definition) is 4. The van der Waals surface area contributed by atoms with E-state index in [2.05, 4.69) is 21.2 Å². The number of nitrogens with one attached hydrogen (secondary N) is 1. The van der Waals surface area contributed by atoms with E-state index >= 15 is 0 Å². The molecular weight excluding hydrogens is 323 g/mol. The summed E-state index contributed by atoms with van der Waals surface area (Å²) < 4.78 is 18.1. The zero-order valence-electron chi connectivity index (χ0n) is 9.90. The molecule has 0 heterocycles. The van der Waals surface area contributed by atoms with Crippen LogP contribution in [0.3, 0.4) is 0 Å². The maximum Gasteiger partial charge on any atom is 0.282 e. The van der Waals surface area contributed by atoms with Gasteiger partial charge in [-0.2, -0.15) is 0 Å². The Bertz CT molecular complexity index is 470. The minimum atomic E-state index is -0.726. The fraction of sp³-hybridized carbons (Fsp3) is 0.364. The second kappa shape index (κ2) is 7.80. The van der Waals surface area contributed by atoms with Gasteiger partial charge in [-0.05, 0) is 12.1 Å². The van der Waals surface area contributed by atoms with Crippen molar-refractivity contribution in [2.75, 3.05) is 25.1 Å². The standard InChI is InChI=1S/C11H12BrFN2O4/c12-3-5-19-6-4-14-11(16)9-7-8(13)1-2-10(9)15(17)18/h1-2,7H,3-6H2,(H,14,16). The van der Waals surface area contributed by atoms with E-state index in [4.69, 9.17) is 4.74 Å². The maximum absolute atomic E-state index is 13.0. The van der Waals surface area contributed by atoms with E-state index in [0.29, 0.717) is 11.9 Å². The van der Waals surface area contributed by atoms with Crippen molar-refractivity contribution >= 4 is 27.5 Å². The lowest BCUT2D eigenvalue weighted by atomic mass is 10.1. The fourth-order valence-corrected chi connectivity index (χ4v) is 1.57. The van der Waals surface area contributed by atoms with Crippen LogP contribution in [0.25, 0.3) is 0 Å². The molecule has 1 N–H and O–H groups in total. The first kappa shape index (κ1) is 15.5. The molecule has 0 radical (unpaired) electrons. The van der Waals surface area contributed by atoms with E-state index in [0.717, 1.165) is 18.2 Å². The van der Waals surface area contributed by atoms with Crippen molar-refractivity contribution in [3.05, 3.63) is 39.7 Å². The fourth-order valence-electron chi connectivity index (χ4n) is 1.34. The molecule has 0 fully saturated rings. The summed E-state index contributed by atoms with van der Waals surface area (Å²) in [6.07, 6.45) is 0. The summed E-state index contributed by atoms with van der Waals surface area (Å²) in [5.74, 6) is -1.40. The Balaban J connectivity index is 2.65. The smallest absolute Gasteiger partial charge is 0.282 e. The van der Waals surface area contributed by atoms with Crippen molar-refractivity contribution in [3.63, 3.8) is 0 Å². The lowest BCUT2D eigenvalue weighted by molar-refractivity contribution is -0.385. The molecular formula is C11H12BrFN2O4. The minimum Gasteiger partial charge on any atom is -0.379 e. The molecule has 0 saturated heterocycles. The molecule has 1 rings (SSSR count). The molecule has 0 aromatic heterocycles. The Kier molecular flexibility index (Phi) is 6.37. The predicted octanol–water partition coefficient (Wildman–Crippen LogP) is 1.88. The van der Waals surface area contributed by atoms with Crippen LogP contribution in [0, 0.1) is 15.9 Å². The first-order valence-electron chi connectivity index (χ1n) is 5.42. The molecule has 0 aliphatic carbocycles. The molecule has 1 aromatic rings.